The molecule has 5 atom stereocenters. The molecular weight excluding hydrogens is 368 g/mol. The first-order chi connectivity index (χ1) is 12.3. The zero-order valence-corrected chi connectivity index (χ0v) is 17.4. The average molecular weight is 399 g/mol. The summed E-state index contributed by atoms with van der Waals surface area (Å²) >= 11 is 0. The van der Waals surface area contributed by atoms with Crippen LogP contribution in [0.1, 0.15) is 31.1 Å². The van der Waals surface area contributed by atoms with E-state index in [0.29, 0.717) is 0 Å². The zero-order chi connectivity index (χ0) is 20.6. The molecule has 4 N–H and O–H groups in total. The van der Waals surface area contributed by atoms with Crippen molar-refractivity contribution in [3.8, 4) is 0 Å². The van der Waals surface area contributed by atoms with Gasteiger partial charge in [-0.3, -0.25) is 4.79 Å². The maximum atomic E-state index is 12.7. The summed E-state index contributed by atoms with van der Waals surface area (Å²) in [4.78, 5) is 12.7. The van der Waals surface area contributed by atoms with Crippen LogP contribution in [0.4, 0.5) is 0 Å². The Labute approximate surface area is 160 Å². The highest BCUT2D eigenvalue weighted by atomic mass is 28.4. The molecule has 1 heterocycles. The zero-order valence-electron chi connectivity index (χ0n) is 16.4. The smallest absolute Gasteiger partial charge is 0.261 e. The van der Waals surface area contributed by atoms with E-state index < -0.39 is 44.3 Å². The normalized spacial score (nSPS) is 32.3. The van der Waals surface area contributed by atoms with Gasteiger partial charge in [-0.2, -0.15) is 0 Å². The molecule has 7 nitrogen and oxygen atoms in total. The van der Waals surface area contributed by atoms with E-state index >= 15 is 0 Å². The standard InChI is InChI=1S/C19H30O7Si/c1-18(2,3)27(4,5)25-11-13-14(20)15(21)17(23)19(24,26-13)16(22)12-9-7-6-8-10-12/h6-10,13-15,17,20-21,23-24H,11H2,1-5H3/t13-,14-,15+,17-,19-/m1/s1. The highest BCUT2D eigenvalue weighted by Gasteiger charge is 2.57. The first kappa shape index (κ1) is 22.2. The maximum absolute atomic E-state index is 12.7. The van der Waals surface area contributed by atoms with Gasteiger partial charge < -0.3 is 29.6 Å². The SMILES string of the molecule is CC(C)(C)[Si](C)(C)OC[C@H]1O[C@](O)(C(=O)c2ccccc2)[C@H](O)[C@@H](O)[C@@H]1O. The molecule has 0 spiro atoms. The molecule has 0 aliphatic carbocycles. The second kappa shape index (κ2) is 7.71. The monoisotopic (exact) mass is 398 g/mol. The summed E-state index contributed by atoms with van der Waals surface area (Å²) in [6.07, 6.45) is -6.43. The van der Waals surface area contributed by atoms with E-state index in [9.17, 15) is 25.2 Å². The number of aliphatic hydroxyl groups is 4. The van der Waals surface area contributed by atoms with Crippen LogP contribution in [0.2, 0.25) is 18.1 Å². The van der Waals surface area contributed by atoms with E-state index in [2.05, 4.69) is 0 Å². The second-order valence-corrected chi connectivity index (χ2v) is 13.4. The van der Waals surface area contributed by atoms with Gasteiger partial charge in [-0.25, -0.2) is 0 Å². The molecular formula is C19H30O7Si. The minimum absolute atomic E-state index is 0.0963. The number of rotatable bonds is 5. The molecule has 1 saturated heterocycles. The van der Waals surface area contributed by atoms with Crippen LogP contribution in [0.25, 0.3) is 0 Å². The van der Waals surface area contributed by atoms with Crippen molar-refractivity contribution in [2.75, 3.05) is 6.61 Å². The van der Waals surface area contributed by atoms with Gasteiger partial charge >= 0.3 is 0 Å². The van der Waals surface area contributed by atoms with Gasteiger partial charge in [0.1, 0.15) is 24.4 Å². The van der Waals surface area contributed by atoms with Crippen molar-refractivity contribution >= 4 is 14.1 Å². The third-order valence-electron chi connectivity index (χ3n) is 5.56. The molecule has 1 aliphatic rings. The van der Waals surface area contributed by atoms with E-state index in [1.165, 1.54) is 12.1 Å². The highest BCUT2D eigenvalue weighted by molar-refractivity contribution is 6.74. The van der Waals surface area contributed by atoms with Crippen molar-refractivity contribution in [1.82, 2.24) is 0 Å². The molecule has 8 heteroatoms. The quantitative estimate of drug-likeness (QED) is 0.433. The lowest BCUT2D eigenvalue weighted by Gasteiger charge is -2.46. The molecule has 0 amide bonds. The lowest BCUT2D eigenvalue weighted by atomic mass is 9.88. The van der Waals surface area contributed by atoms with Gasteiger partial charge in [0.05, 0.1) is 6.61 Å². The van der Waals surface area contributed by atoms with Gasteiger partial charge in [-0.05, 0) is 18.1 Å². The van der Waals surface area contributed by atoms with Gasteiger partial charge in [0.25, 0.3) is 5.79 Å². The predicted octanol–water partition coefficient (Wildman–Crippen LogP) is 1.06. The molecule has 27 heavy (non-hydrogen) atoms. The number of benzene rings is 1. The Bertz CT molecular complexity index is 658. The molecule has 1 fully saturated rings. The minimum Gasteiger partial charge on any atom is -0.414 e. The lowest BCUT2D eigenvalue weighted by molar-refractivity contribution is -0.321. The maximum Gasteiger partial charge on any atom is 0.261 e. The van der Waals surface area contributed by atoms with Crippen molar-refractivity contribution in [2.45, 2.75) is 69.1 Å². The molecule has 152 valence electrons. The van der Waals surface area contributed by atoms with Gasteiger partial charge in [0.2, 0.25) is 5.78 Å². The molecule has 1 aromatic rings. The molecule has 2 rings (SSSR count). The fourth-order valence-electron chi connectivity index (χ4n) is 2.63. The third-order valence-corrected chi connectivity index (χ3v) is 10.1. The number of carbonyl (C=O) groups is 1. The second-order valence-electron chi connectivity index (χ2n) is 8.55. The fraction of sp³-hybridized carbons (Fsp3) is 0.632. The number of Topliss-reactive ketones (excluding diaryl/α,β-unsaturated/α-hetero) is 1. The largest absolute Gasteiger partial charge is 0.414 e. The minimum atomic E-state index is -2.68. The van der Waals surface area contributed by atoms with Gasteiger partial charge in [-0.1, -0.05) is 51.1 Å². The summed E-state index contributed by atoms with van der Waals surface area (Å²) in [5.74, 6) is -3.57. The average Bonchev–Trinajstić information content (AvgIpc) is 2.61. The summed E-state index contributed by atoms with van der Waals surface area (Å²) < 4.78 is 11.4. The van der Waals surface area contributed by atoms with Crippen LogP contribution in [0, 0.1) is 0 Å². The van der Waals surface area contributed by atoms with Crippen molar-refractivity contribution in [3.63, 3.8) is 0 Å². The third kappa shape index (κ3) is 4.32. The van der Waals surface area contributed by atoms with E-state index in [4.69, 9.17) is 9.16 Å². The Balaban J connectivity index is 2.24. The van der Waals surface area contributed by atoms with Crippen LogP contribution < -0.4 is 0 Å². The topological polar surface area (TPSA) is 116 Å². The molecule has 0 unspecified atom stereocenters. The first-order valence-corrected chi connectivity index (χ1v) is 11.9. The molecule has 1 aromatic carbocycles. The van der Waals surface area contributed by atoms with Crippen LogP contribution >= 0.6 is 0 Å². The van der Waals surface area contributed by atoms with Crippen molar-refractivity contribution in [3.05, 3.63) is 35.9 Å². The van der Waals surface area contributed by atoms with Crippen molar-refractivity contribution in [1.29, 1.82) is 0 Å². The Morgan fingerprint density at radius 2 is 1.70 bits per heavy atom. The number of hydrogen-bond acceptors (Lipinski definition) is 7. The number of hydrogen-bond donors (Lipinski definition) is 4. The Kier molecular flexibility index (Phi) is 6.33. The van der Waals surface area contributed by atoms with Crippen molar-refractivity contribution in [2.24, 2.45) is 0 Å². The number of carbonyl (C=O) groups excluding carboxylic acids is 1. The van der Waals surface area contributed by atoms with Gasteiger partial charge in [-0.15, -0.1) is 0 Å². The Morgan fingerprint density at radius 1 is 1.15 bits per heavy atom. The van der Waals surface area contributed by atoms with Crippen LogP contribution in [-0.2, 0) is 9.16 Å². The highest BCUT2D eigenvalue weighted by Crippen LogP contribution is 2.38. The fourth-order valence-corrected chi connectivity index (χ4v) is 3.65. The summed E-state index contributed by atoms with van der Waals surface area (Å²) in [6, 6.07) is 7.85. The Hall–Kier alpha value is -1.13. The molecule has 0 aromatic heterocycles. The molecule has 0 saturated carbocycles. The number of ketones is 1. The summed E-state index contributed by atoms with van der Waals surface area (Å²) in [5, 5.41) is 41.4. The number of ether oxygens (including phenoxy) is 1. The van der Waals surface area contributed by atoms with E-state index in [1.807, 2.05) is 33.9 Å². The van der Waals surface area contributed by atoms with Crippen LogP contribution in [0.15, 0.2) is 30.3 Å². The summed E-state index contributed by atoms with van der Waals surface area (Å²) in [6.45, 7) is 10.0. The van der Waals surface area contributed by atoms with E-state index in [-0.39, 0.29) is 17.2 Å². The molecule has 1 aliphatic heterocycles. The summed E-state index contributed by atoms with van der Waals surface area (Å²) in [5.41, 5.74) is 0.117. The van der Waals surface area contributed by atoms with Crippen LogP contribution in [-0.4, -0.2) is 71.3 Å². The lowest BCUT2D eigenvalue weighted by Crippen LogP contribution is -2.68. The van der Waals surface area contributed by atoms with E-state index in [1.54, 1.807) is 18.2 Å². The van der Waals surface area contributed by atoms with Gasteiger partial charge in [0.15, 0.2) is 8.32 Å². The summed E-state index contributed by atoms with van der Waals surface area (Å²) in [7, 11) is -2.20. The van der Waals surface area contributed by atoms with Crippen molar-refractivity contribution < 1.29 is 34.4 Å². The first-order valence-electron chi connectivity index (χ1n) is 8.99. The van der Waals surface area contributed by atoms with E-state index in [0.717, 1.165) is 0 Å². The predicted molar refractivity (Wildman–Crippen MR) is 102 cm³/mol. The van der Waals surface area contributed by atoms with Crippen LogP contribution in [0.3, 0.4) is 0 Å². The Morgan fingerprint density at radius 3 is 2.22 bits per heavy atom. The molecule has 0 radical (unpaired) electrons. The van der Waals surface area contributed by atoms with Gasteiger partial charge in [0, 0.05) is 5.56 Å². The number of aliphatic hydroxyl groups excluding tert-OH is 3. The van der Waals surface area contributed by atoms with Crippen LogP contribution in [0.5, 0.6) is 0 Å². The molecule has 0 bridgehead atoms.